The number of nitrogens with one attached hydrogen (secondary N) is 2. The molecule has 0 radical (unpaired) electrons. The largest absolute Gasteiger partial charge is 0.444 e. The zero-order valence-corrected chi connectivity index (χ0v) is 17.9. The maximum atomic E-state index is 12.5. The van der Waals surface area contributed by atoms with Crippen LogP contribution in [0.5, 0.6) is 0 Å². The van der Waals surface area contributed by atoms with Gasteiger partial charge in [0.1, 0.15) is 5.60 Å². The molecule has 2 rings (SSSR count). The van der Waals surface area contributed by atoms with Gasteiger partial charge in [0.05, 0.1) is 23.0 Å². The molecule has 8 nitrogen and oxygen atoms in total. The van der Waals surface area contributed by atoms with Crippen LogP contribution in [0.3, 0.4) is 0 Å². The number of aryl methyl sites for hydroxylation is 1. The molecule has 0 spiro atoms. The van der Waals surface area contributed by atoms with Gasteiger partial charge >= 0.3 is 6.09 Å². The first-order valence-electron chi connectivity index (χ1n) is 9.57. The number of nitrogens with zero attached hydrogens (tertiary/aromatic N) is 2. The zero-order chi connectivity index (χ0) is 20.7. The molecule has 2 N–H and O–H groups in total. The molecule has 1 aromatic heterocycles. The van der Waals surface area contributed by atoms with Crippen molar-refractivity contribution < 1.29 is 19.1 Å². The highest BCUT2D eigenvalue weighted by Crippen LogP contribution is 2.18. The van der Waals surface area contributed by atoms with Crippen molar-refractivity contribution >= 4 is 29.2 Å². The lowest BCUT2D eigenvalue weighted by molar-refractivity contribution is -0.135. The average molecular weight is 411 g/mol. The molecule has 0 saturated carbocycles. The molecule has 156 valence electrons. The molecule has 2 heterocycles. The molecule has 0 aromatic carbocycles. The van der Waals surface area contributed by atoms with E-state index in [0.29, 0.717) is 26.2 Å². The second-order valence-electron chi connectivity index (χ2n) is 7.93. The number of aromatic nitrogens is 1. The Morgan fingerprint density at radius 3 is 2.64 bits per heavy atom. The molecular weight excluding hydrogens is 380 g/mol. The Morgan fingerprint density at radius 2 is 2.00 bits per heavy atom. The Balaban J connectivity index is 1.71. The number of carbonyl (C=O) groups excluding carboxylic acids is 3. The number of ether oxygens (including phenoxy) is 1. The number of carbonyl (C=O) groups is 3. The summed E-state index contributed by atoms with van der Waals surface area (Å²) < 4.78 is 5.14. The van der Waals surface area contributed by atoms with Crippen molar-refractivity contribution in [3.05, 3.63) is 16.1 Å². The van der Waals surface area contributed by atoms with Gasteiger partial charge in [0, 0.05) is 31.6 Å². The van der Waals surface area contributed by atoms with Gasteiger partial charge in [-0.25, -0.2) is 9.78 Å². The molecule has 3 amide bonds. The molecule has 1 saturated heterocycles. The van der Waals surface area contributed by atoms with E-state index in [1.165, 1.54) is 11.3 Å². The van der Waals surface area contributed by atoms with Gasteiger partial charge in [-0.15, -0.1) is 11.3 Å². The summed E-state index contributed by atoms with van der Waals surface area (Å²) >= 11 is 1.53. The van der Waals surface area contributed by atoms with Crippen LogP contribution < -0.4 is 10.6 Å². The number of hydrogen-bond donors (Lipinski definition) is 2. The number of amides is 3. The minimum Gasteiger partial charge on any atom is -0.444 e. The highest BCUT2D eigenvalue weighted by atomic mass is 32.1. The summed E-state index contributed by atoms with van der Waals surface area (Å²) in [6, 6.07) is 0. The zero-order valence-electron chi connectivity index (χ0n) is 17.0. The van der Waals surface area contributed by atoms with E-state index in [9.17, 15) is 14.4 Å². The summed E-state index contributed by atoms with van der Waals surface area (Å²) in [6.45, 7) is 9.00. The highest BCUT2D eigenvalue weighted by Gasteiger charge is 2.28. The van der Waals surface area contributed by atoms with E-state index in [0.717, 1.165) is 23.5 Å². The van der Waals surface area contributed by atoms with Gasteiger partial charge in [0.15, 0.2) is 0 Å². The van der Waals surface area contributed by atoms with E-state index in [1.54, 1.807) is 25.7 Å². The van der Waals surface area contributed by atoms with Crippen molar-refractivity contribution in [2.75, 3.05) is 26.2 Å². The summed E-state index contributed by atoms with van der Waals surface area (Å²) in [6.07, 6.45) is 1.33. The topological polar surface area (TPSA) is 101 Å². The molecule has 1 fully saturated rings. The Hall–Kier alpha value is -2.16. The fraction of sp³-hybridized carbons (Fsp3) is 0.684. The van der Waals surface area contributed by atoms with E-state index in [4.69, 9.17) is 4.74 Å². The van der Waals surface area contributed by atoms with Crippen LogP contribution in [0, 0.1) is 12.8 Å². The number of alkyl carbamates (subject to hydrolysis) is 1. The van der Waals surface area contributed by atoms with E-state index in [1.807, 2.05) is 12.3 Å². The Morgan fingerprint density at radius 1 is 1.29 bits per heavy atom. The second-order valence-corrected chi connectivity index (χ2v) is 9.00. The maximum absolute atomic E-state index is 12.5. The molecule has 0 bridgehead atoms. The van der Waals surface area contributed by atoms with E-state index < -0.39 is 11.7 Å². The van der Waals surface area contributed by atoms with Crippen molar-refractivity contribution in [2.45, 2.75) is 52.6 Å². The van der Waals surface area contributed by atoms with E-state index in [2.05, 4.69) is 15.6 Å². The van der Waals surface area contributed by atoms with E-state index in [-0.39, 0.29) is 24.2 Å². The number of thiazole rings is 1. The fourth-order valence-corrected chi connectivity index (χ4v) is 3.60. The molecule has 1 aliphatic heterocycles. The monoisotopic (exact) mass is 410 g/mol. The first-order valence-corrected chi connectivity index (χ1v) is 10.5. The third-order valence-corrected chi connectivity index (χ3v) is 5.06. The predicted molar refractivity (Wildman–Crippen MR) is 107 cm³/mol. The third-order valence-electron chi connectivity index (χ3n) is 4.24. The average Bonchev–Trinajstić information content (AvgIpc) is 3.02. The van der Waals surface area contributed by atoms with Gasteiger partial charge in [-0.2, -0.15) is 0 Å². The molecule has 1 unspecified atom stereocenters. The summed E-state index contributed by atoms with van der Waals surface area (Å²) in [5.41, 5.74) is 0.232. The van der Waals surface area contributed by atoms with Crippen molar-refractivity contribution in [1.29, 1.82) is 0 Å². The molecule has 9 heteroatoms. The van der Waals surface area contributed by atoms with Crippen LogP contribution in [0.15, 0.2) is 5.38 Å². The van der Waals surface area contributed by atoms with Gasteiger partial charge in [0.25, 0.3) is 0 Å². The van der Waals surface area contributed by atoms with Crippen LogP contribution >= 0.6 is 11.3 Å². The molecular formula is C19H30N4O4S. The normalized spacial score (nSPS) is 17.1. The minimum absolute atomic E-state index is 0.00870. The minimum atomic E-state index is -0.553. The smallest absolute Gasteiger partial charge is 0.407 e. The Kier molecular flexibility index (Phi) is 7.79. The third kappa shape index (κ3) is 7.46. The molecule has 1 aromatic rings. The van der Waals surface area contributed by atoms with Gasteiger partial charge in [-0.05, 0) is 40.5 Å². The SMILES string of the molecule is Cc1nc(CC(=O)N2CCCC(C(=O)NCCNC(=O)OC(C)(C)C)C2)cs1. The molecule has 1 aliphatic rings. The fourth-order valence-electron chi connectivity index (χ4n) is 2.98. The number of piperidine rings is 1. The number of hydrogen-bond acceptors (Lipinski definition) is 6. The van der Waals surface area contributed by atoms with Crippen LogP contribution in [-0.2, 0) is 20.7 Å². The van der Waals surface area contributed by atoms with Gasteiger partial charge in [-0.3, -0.25) is 9.59 Å². The molecule has 1 atom stereocenters. The quantitative estimate of drug-likeness (QED) is 0.698. The maximum Gasteiger partial charge on any atom is 0.407 e. The molecule has 0 aliphatic carbocycles. The summed E-state index contributed by atoms with van der Waals surface area (Å²) in [5.74, 6) is -0.307. The van der Waals surface area contributed by atoms with Crippen LogP contribution in [0.25, 0.3) is 0 Å². The standard InChI is InChI=1S/C19H30N4O4S/c1-13-22-15(12-28-13)10-16(24)23-9-5-6-14(11-23)17(25)20-7-8-21-18(26)27-19(2,3)4/h12,14H,5-11H2,1-4H3,(H,20,25)(H,21,26). The highest BCUT2D eigenvalue weighted by molar-refractivity contribution is 7.09. The first-order chi connectivity index (χ1) is 13.1. The predicted octanol–water partition coefficient (Wildman–Crippen LogP) is 1.87. The number of rotatable bonds is 6. The van der Waals surface area contributed by atoms with Crippen LogP contribution in [-0.4, -0.2) is 59.6 Å². The summed E-state index contributed by atoms with van der Waals surface area (Å²) in [4.78, 5) is 42.6. The summed E-state index contributed by atoms with van der Waals surface area (Å²) in [7, 11) is 0. The Labute approximate surface area is 170 Å². The van der Waals surface area contributed by atoms with Crippen molar-refractivity contribution in [2.24, 2.45) is 5.92 Å². The number of likely N-dealkylation sites (tertiary alicyclic amines) is 1. The van der Waals surface area contributed by atoms with Crippen LogP contribution in [0.1, 0.15) is 44.3 Å². The first kappa shape index (κ1) is 22.1. The molecule has 28 heavy (non-hydrogen) atoms. The van der Waals surface area contributed by atoms with E-state index >= 15 is 0 Å². The van der Waals surface area contributed by atoms with Crippen molar-refractivity contribution in [3.63, 3.8) is 0 Å². The lowest BCUT2D eigenvalue weighted by Crippen LogP contribution is -2.47. The lowest BCUT2D eigenvalue weighted by atomic mass is 9.96. The van der Waals surface area contributed by atoms with Crippen molar-refractivity contribution in [1.82, 2.24) is 20.5 Å². The van der Waals surface area contributed by atoms with Crippen LogP contribution in [0.2, 0.25) is 0 Å². The van der Waals surface area contributed by atoms with Gasteiger partial charge < -0.3 is 20.3 Å². The van der Waals surface area contributed by atoms with Crippen LogP contribution in [0.4, 0.5) is 4.79 Å². The second kappa shape index (κ2) is 9.86. The van der Waals surface area contributed by atoms with Gasteiger partial charge in [-0.1, -0.05) is 0 Å². The Bertz CT molecular complexity index is 698. The van der Waals surface area contributed by atoms with Gasteiger partial charge in [0.2, 0.25) is 11.8 Å². The lowest BCUT2D eigenvalue weighted by Gasteiger charge is -2.32. The summed E-state index contributed by atoms with van der Waals surface area (Å²) in [5, 5.41) is 8.28. The van der Waals surface area contributed by atoms with Crippen molar-refractivity contribution in [3.8, 4) is 0 Å².